The zero-order valence-corrected chi connectivity index (χ0v) is 17.2. The summed E-state index contributed by atoms with van der Waals surface area (Å²) < 4.78 is 6.70. The second-order valence-electron chi connectivity index (χ2n) is 10.8. The van der Waals surface area contributed by atoms with Crippen molar-refractivity contribution in [1.29, 1.82) is 0 Å². The van der Waals surface area contributed by atoms with Crippen LogP contribution in [0.15, 0.2) is 47.2 Å². The SMILES string of the molecule is CC12C=CCOC13CCC1C4CCC(N5CCCC5)=CC4=CCC1C3C1=CC12. The molecular formula is C26H33NO. The highest BCUT2D eigenvalue weighted by atomic mass is 16.5. The van der Waals surface area contributed by atoms with Gasteiger partial charge < -0.3 is 9.64 Å². The van der Waals surface area contributed by atoms with Crippen LogP contribution in [0.1, 0.15) is 51.9 Å². The van der Waals surface area contributed by atoms with Gasteiger partial charge in [0.1, 0.15) is 0 Å². The van der Waals surface area contributed by atoms with Crippen molar-refractivity contribution < 1.29 is 4.74 Å². The molecule has 0 aromatic carbocycles. The predicted molar refractivity (Wildman–Crippen MR) is 112 cm³/mol. The average Bonchev–Trinajstić information content (AvgIpc) is 3.24. The fourth-order valence-corrected chi connectivity index (χ4v) is 8.59. The quantitative estimate of drug-likeness (QED) is 0.580. The molecule has 7 atom stereocenters. The Hall–Kier alpha value is -1.28. The molecule has 2 heteroatoms. The van der Waals surface area contributed by atoms with E-state index in [2.05, 4.69) is 42.2 Å². The number of hydrogen-bond acceptors (Lipinski definition) is 2. The standard InChI is InChI=1S/C26H33NO/c1-25-10-4-14-28-26(25)11-9-20-19-8-6-18(27-12-2-3-13-27)15-17(19)5-7-21(20)24(26)22-16-23(22)25/h4-5,10,15-16,19-21,23-24H,2-3,6-9,11-14H2,1H3. The zero-order valence-electron chi connectivity index (χ0n) is 17.2. The summed E-state index contributed by atoms with van der Waals surface area (Å²) in [5, 5.41) is 0. The van der Waals surface area contributed by atoms with Gasteiger partial charge >= 0.3 is 0 Å². The van der Waals surface area contributed by atoms with Gasteiger partial charge in [0.2, 0.25) is 0 Å². The van der Waals surface area contributed by atoms with Gasteiger partial charge in [0, 0.05) is 36.0 Å². The molecular weight excluding hydrogens is 342 g/mol. The lowest BCUT2D eigenvalue weighted by molar-refractivity contribution is -0.170. The minimum Gasteiger partial charge on any atom is -0.375 e. The third-order valence-electron chi connectivity index (χ3n) is 9.88. The fraction of sp³-hybridized carbons (Fsp3) is 0.692. The molecule has 0 bridgehead atoms. The maximum atomic E-state index is 6.70. The number of rotatable bonds is 1. The number of likely N-dealkylation sites (tertiary alicyclic amines) is 1. The van der Waals surface area contributed by atoms with Gasteiger partial charge in [-0.25, -0.2) is 0 Å². The Labute approximate surface area is 169 Å². The molecule has 148 valence electrons. The molecule has 3 fully saturated rings. The van der Waals surface area contributed by atoms with Crippen molar-refractivity contribution in [2.75, 3.05) is 19.7 Å². The highest BCUT2D eigenvalue weighted by molar-refractivity contribution is 5.51. The predicted octanol–water partition coefficient (Wildman–Crippen LogP) is 5.25. The number of ether oxygens (including phenoxy) is 1. The molecule has 0 aromatic rings. The molecule has 7 rings (SSSR count). The molecule has 0 radical (unpaired) electrons. The highest BCUT2D eigenvalue weighted by Gasteiger charge is 2.72. The van der Waals surface area contributed by atoms with Gasteiger partial charge in [0.05, 0.1) is 12.2 Å². The molecule has 2 aliphatic heterocycles. The van der Waals surface area contributed by atoms with E-state index in [1.165, 1.54) is 58.0 Å². The molecule has 5 aliphatic carbocycles. The molecule has 0 aromatic heterocycles. The molecule has 28 heavy (non-hydrogen) atoms. The van der Waals surface area contributed by atoms with Crippen LogP contribution in [-0.2, 0) is 4.74 Å². The van der Waals surface area contributed by atoms with E-state index in [4.69, 9.17) is 4.74 Å². The van der Waals surface area contributed by atoms with E-state index in [0.29, 0.717) is 11.8 Å². The Bertz CT molecular complexity index is 842. The smallest absolute Gasteiger partial charge is 0.0851 e. The second kappa shape index (κ2) is 5.45. The van der Waals surface area contributed by atoms with Crippen molar-refractivity contribution in [2.24, 2.45) is 35.0 Å². The van der Waals surface area contributed by atoms with Crippen molar-refractivity contribution in [3.05, 3.63) is 47.2 Å². The van der Waals surface area contributed by atoms with E-state index in [0.717, 1.165) is 24.4 Å². The lowest BCUT2D eigenvalue weighted by atomic mass is 9.52. The van der Waals surface area contributed by atoms with Gasteiger partial charge in [-0.05, 0) is 74.3 Å². The number of fused-ring (bicyclic) bond motifs is 7. The number of allylic oxidation sites excluding steroid dienone is 5. The summed E-state index contributed by atoms with van der Waals surface area (Å²) in [6, 6.07) is 0. The first-order valence-corrected chi connectivity index (χ1v) is 11.9. The summed E-state index contributed by atoms with van der Waals surface area (Å²) in [6.45, 7) is 5.90. The molecule has 0 N–H and O–H groups in total. The van der Waals surface area contributed by atoms with Gasteiger partial charge in [-0.1, -0.05) is 36.8 Å². The van der Waals surface area contributed by atoms with Crippen molar-refractivity contribution in [1.82, 2.24) is 4.90 Å². The minimum absolute atomic E-state index is 0.105. The van der Waals surface area contributed by atoms with Crippen molar-refractivity contribution in [3.8, 4) is 0 Å². The first-order chi connectivity index (χ1) is 13.7. The monoisotopic (exact) mass is 375 g/mol. The first kappa shape index (κ1) is 16.5. The van der Waals surface area contributed by atoms with E-state index < -0.39 is 0 Å². The van der Waals surface area contributed by atoms with Crippen LogP contribution in [0.3, 0.4) is 0 Å². The molecule has 2 nitrogen and oxygen atoms in total. The largest absolute Gasteiger partial charge is 0.375 e. The summed E-state index contributed by atoms with van der Waals surface area (Å²) in [4.78, 5) is 2.67. The van der Waals surface area contributed by atoms with Crippen molar-refractivity contribution in [3.63, 3.8) is 0 Å². The molecule has 7 aliphatic rings. The summed E-state index contributed by atoms with van der Waals surface area (Å²) in [7, 11) is 0. The summed E-state index contributed by atoms with van der Waals surface area (Å²) in [5.74, 6) is 3.89. The van der Waals surface area contributed by atoms with E-state index in [9.17, 15) is 0 Å². The Kier molecular flexibility index (Phi) is 3.21. The van der Waals surface area contributed by atoms with Crippen molar-refractivity contribution >= 4 is 0 Å². The Balaban J connectivity index is 1.23. The van der Waals surface area contributed by atoms with Crippen LogP contribution in [0.25, 0.3) is 0 Å². The van der Waals surface area contributed by atoms with Crippen LogP contribution in [0.4, 0.5) is 0 Å². The highest BCUT2D eigenvalue weighted by Crippen LogP contribution is 2.74. The first-order valence-electron chi connectivity index (χ1n) is 11.9. The molecule has 2 saturated carbocycles. The van der Waals surface area contributed by atoms with Crippen LogP contribution in [-0.4, -0.2) is 30.2 Å². The number of hydrogen-bond donors (Lipinski definition) is 0. The van der Waals surface area contributed by atoms with Gasteiger partial charge in [-0.15, -0.1) is 0 Å². The van der Waals surface area contributed by atoms with Crippen LogP contribution < -0.4 is 0 Å². The van der Waals surface area contributed by atoms with E-state index >= 15 is 0 Å². The molecule has 1 spiro atoms. The topological polar surface area (TPSA) is 12.5 Å². The lowest BCUT2D eigenvalue weighted by Crippen LogP contribution is -2.58. The van der Waals surface area contributed by atoms with Gasteiger partial charge in [-0.3, -0.25) is 0 Å². The van der Waals surface area contributed by atoms with E-state index in [-0.39, 0.29) is 11.0 Å². The van der Waals surface area contributed by atoms with E-state index in [1.807, 2.05) is 0 Å². The van der Waals surface area contributed by atoms with Crippen LogP contribution in [0.2, 0.25) is 0 Å². The zero-order chi connectivity index (χ0) is 18.5. The van der Waals surface area contributed by atoms with Gasteiger partial charge in [0.15, 0.2) is 0 Å². The van der Waals surface area contributed by atoms with Crippen molar-refractivity contribution in [2.45, 2.75) is 57.5 Å². The van der Waals surface area contributed by atoms with Crippen LogP contribution in [0.5, 0.6) is 0 Å². The Morgan fingerprint density at radius 3 is 2.93 bits per heavy atom. The maximum Gasteiger partial charge on any atom is 0.0851 e. The molecule has 0 amide bonds. The Morgan fingerprint density at radius 2 is 2.04 bits per heavy atom. The number of nitrogens with zero attached hydrogens (tertiary/aromatic N) is 1. The van der Waals surface area contributed by atoms with E-state index in [1.54, 1.807) is 16.8 Å². The van der Waals surface area contributed by atoms with Gasteiger partial charge in [0.25, 0.3) is 0 Å². The lowest BCUT2D eigenvalue weighted by Gasteiger charge is -2.57. The average molecular weight is 376 g/mol. The normalized spacial score (nSPS) is 50.5. The van der Waals surface area contributed by atoms with Gasteiger partial charge in [-0.2, -0.15) is 0 Å². The third kappa shape index (κ3) is 1.89. The maximum absolute atomic E-state index is 6.70. The molecule has 1 saturated heterocycles. The summed E-state index contributed by atoms with van der Waals surface area (Å²) in [6.07, 6.45) is 22.1. The van der Waals surface area contributed by atoms with Crippen LogP contribution in [0, 0.1) is 35.0 Å². The second-order valence-corrected chi connectivity index (χ2v) is 10.8. The summed E-state index contributed by atoms with van der Waals surface area (Å²) in [5.41, 5.74) is 5.44. The molecule has 7 unspecified atom stereocenters. The third-order valence-corrected chi connectivity index (χ3v) is 9.88. The fourth-order valence-electron chi connectivity index (χ4n) is 8.59. The Morgan fingerprint density at radius 1 is 1.14 bits per heavy atom. The molecule has 2 heterocycles. The minimum atomic E-state index is 0.105. The summed E-state index contributed by atoms with van der Waals surface area (Å²) >= 11 is 0. The van der Waals surface area contributed by atoms with Crippen LogP contribution >= 0.6 is 0 Å².